The summed E-state index contributed by atoms with van der Waals surface area (Å²) in [6.45, 7) is 1.60. The van der Waals surface area contributed by atoms with Crippen molar-refractivity contribution in [2.75, 3.05) is 25.6 Å². The number of hydrogen-bond donors (Lipinski definition) is 3. The number of anilines is 1. The van der Waals surface area contributed by atoms with Crippen molar-refractivity contribution in [2.24, 2.45) is 5.10 Å². The van der Waals surface area contributed by atoms with Crippen molar-refractivity contribution in [1.82, 2.24) is 5.43 Å². The molecular formula is C20H21N3O7. The number of methoxy groups -OCH3 is 1. The van der Waals surface area contributed by atoms with Crippen LogP contribution in [0.5, 0.6) is 17.2 Å². The second-order valence-electron chi connectivity index (χ2n) is 5.70. The lowest BCUT2D eigenvalue weighted by Gasteiger charge is -2.11. The average Bonchev–Trinajstić information content (AvgIpc) is 2.73. The molecule has 10 heteroatoms. The fraction of sp³-hybridized carbons (Fsp3) is 0.200. The molecule has 0 saturated carbocycles. The lowest BCUT2D eigenvalue weighted by molar-refractivity contribution is -0.139. The van der Waals surface area contributed by atoms with E-state index in [1.165, 1.54) is 19.4 Å². The van der Waals surface area contributed by atoms with E-state index in [4.69, 9.17) is 19.3 Å². The second kappa shape index (κ2) is 11.1. The molecule has 10 nitrogen and oxygen atoms in total. The predicted octanol–water partition coefficient (Wildman–Crippen LogP) is 1.65. The summed E-state index contributed by atoms with van der Waals surface area (Å²) >= 11 is 0. The van der Waals surface area contributed by atoms with E-state index in [-0.39, 0.29) is 5.75 Å². The van der Waals surface area contributed by atoms with Crippen LogP contribution in [0.3, 0.4) is 0 Å². The Morgan fingerprint density at radius 2 is 1.77 bits per heavy atom. The van der Waals surface area contributed by atoms with Crippen LogP contribution in [0.2, 0.25) is 0 Å². The molecule has 0 atom stereocenters. The van der Waals surface area contributed by atoms with Gasteiger partial charge in [0.1, 0.15) is 5.75 Å². The van der Waals surface area contributed by atoms with Gasteiger partial charge in [-0.15, -0.1) is 0 Å². The number of ether oxygens (including phenoxy) is 3. The Kier molecular flexibility index (Phi) is 8.18. The molecule has 0 fully saturated rings. The Balaban J connectivity index is 1.95. The monoisotopic (exact) mass is 415 g/mol. The van der Waals surface area contributed by atoms with E-state index >= 15 is 0 Å². The van der Waals surface area contributed by atoms with Gasteiger partial charge in [0.15, 0.2) is 18.1 Å². The van der Waals surface area contributed by atoms with Crippen molar-refractivity contribution in [2.45, 2.75) is 6.92 Å². The van der Waals surface area contributed by atoms with Gasteiger partial charge in [-0.05, 0) is 55.0 Å². The first-order chi connectivity index (χ1) is 14.4. The summed E-state index contributed by atoms with van der Waals surface area (Å²) in [7, 11) is 1.52. The van der Waals surface area contributed by atoms with E-state index in [1.807, 2.05) is 0 Å². The maximum Gasteiger partial charge on any atom is 0.341 e. The third-order valence-electron chi connectivity index (χ3n) is 3.55. The number of amides is 2. The standard InChI is InChI=1S/C20H21N3O7/c1-3-29-17-10-13(4-9-16(17)30-12-18(24)25)11-21-23-20(27)19(26)22-14-5-7-15(28-2)8-6-14/h4-11H,3,12H2,1-2H3,(H,22,26)(H,23,27)(H,24,25)/b21-11-. The Hall–Kier alpha value is -4.08. The highest BCUT2D eigenvalue weighted by Gasteiger charge is 2.13. The van der Waals surface area contributed by atoms with Crippen LogP contribution in [-0.2, 0) is 14.4 Å². The Morgan fingerprint density at radius 3 is 2.40 bits per heavy atom. The Bertz CT molecular complexity index is 926. The quantitative estimate of drug-likeness (QED) is 0.322. The molecule has 2 aromatic carbocycles. The van der Waals surface area contributed by atoms with Gasteiger partial charge in [0.2, 0.25) is 0 Å². The molecule has 2 aromatic rings. The number of rotatable bonds is 9. The van der Waals surface area contributed by atoms with Gasteiger partial charge in [-0.3, -0.25) is 9.59 Å². The molecule has 0 aromatic heterocycles. The summed E-state index contributed by atoms with van der Waals surface area (Å²) in [4.78, 5) is 34.4. The number of aliphatic carboxylic acids is 1. The number of hydrogen-bond acceptors (Lipinski definition) is 7. The number of nitrogens with one attached hydrogen (secondary N) is 2. The number of nitrogens with zero attached hydrogens (tertiary/aromatic N) is 1. The van der Waals surface area contributed by atoms with Gasteiger partial charge in [-0.25, -0.2) is 10.2 Å². The van der Waals surface area contributed by atoms with Crippen LogP contribution in [0.25, 0.3) is 0 Å². The van der Waals surface area contributed by atoms with Crippen molar-refractivity contribution in [1.29, 1.82) is 0 Å². The smallest absolute Gasteiger partial charge is 0.341 e. The number of benzene rings is 2. The zero-order valence-corrected chi connectivity index (χ0v) is 16.4. The Morgan fingerprint density at radius 1 is 1.03 bits per heavy atom. The lowest BCUT2D eigenvalue weighted by Crippen LogP contribution is -2.32. The van der Waals surface area contributed by atoms with Crippen molar-refractivity contribution in [3.8, 4) is 17.2 Å². The van der Waals surface area contributed by atoms with Crippen LogP contribution in [0.15, 0.2) is 47.6 Å². The van der Waals surface area contributed by atoms with Crippen LogP contribution in [-0.4, -0.2) is 49.4 Å². The van der Waals surface area contributed by atoms with E-state index in [2.05, 4.69) is 15.8 Å². The van der Waals surface area contributed by atoms with Crippen LogP contribution < -0.4 is 25.0 Å². The van der Waals surface area contributed by atoms with E-state index < -0.39 is 24.4 Å². The molecule has 3 N–H and O–H groups in total. The normalized spacial score (nSPS) is 10.3. The fourth-order valence-corrected chi connectivity index (χ4v) is 2.21. The molecule has 2 rings (SSSR count). The van der Waals surface area contributed by atoms with Gasteiger partial charge < -0.3 is 24.6 Å². The summed E-state index contributed by atoms with van der Waals surface area (Å²) in [5.74, 6) is -1.74. The molecule has 0 spiro atoms. The SMILES string of the molecule is CCOc1cc(/C=N\NC(=O)C(=O)Nc2ccc(OC)cc2)ccc1OCC(=O)O. The lowest BCUT2D eigenvalue weighted by atomic mass is 10.2. The molecule has 0 aliphatic rings. The molecule has 0 saturated heterocycles. The van der Waals surface area contributed by atoms with Gasteiger partial charge >= 0.3 is 17.8 Å². The van der Waals surface area contributed by atoms with E-state index in [1.54, 1.807) is 43.3 Å². The third kappa shape index (κ3) is 6.82. The molecule has 0 aliphatic heterocycles. The summed E-state index contributed by atoms with van der Waals surface area (Å²) in [5.41, 5.74) is 3.09. The third-order valence-corrected chi connectivity index (χ3v) is 3.55. The minimum Gasteiger partial charge on any atom is -0.497 e. The minimum atomic E-state index is -1.11. The van der Waals surface area contributed by atoms with Gasteiger partial charge in [0.05, 0.1) is 19.9 Å². The first kappa shape index (κ1) is 22.2. The van der Waals surface area contributed by atoms with E-state index in [0.29, 0.717) is 29.4 Å². The summed E-state index contributed by atoms with van der Waals surface area (Å²) in [6, 6.07) is 11.2. The Labute approximate surface area is 172 Å². The van der Waals surface area contributed by atoms with Gasteiger partial charge in [0.25, 0.3) is 0 Å². The molecular weight excluding hydrogens is 394 g/mol. The molecule has 0 aliphatic carbocycles. The first-order valence-electron chi connectivity index (χ1n) is 8.82. The zero-order chi connectivity index (χ0) is 21.9. The van der Waals surface area contributed by atoms with Crippen LogP contribution >= 0.6 is 0 Å². The molecule has 0 heterocycles. The number of carboxylic acids is 1. The minimum absolute atomic E-state index is 0.263. The largest absolute Gasteiger partial charge is 0.497 e. The molecule has 30 heavy (non-hydrogen) atoms. The van der Waals surface area contributed by atoms with Crippen molar-refractivity contribution < 1.29 is 33.7 Å². The molecule has 158 valence electrons. The number of carbonyl (C=O) groups excluding carboxylic acids is 2. The van der Waals surface area contributed by atoms with Gasteiger partial charge in [-0.1, -0.05) is 0 Å². The molecule has 0 unspecified atom stereocenters. The second-order valence-corrected chi connectivity index (χ2v) is 5.70. The maximum absolute atomic E-state index is 11.9. The summed E-state index contributed by atoms with van der Waals surface area (Å²) in [6.07, 6.45) is 1.31. The van der Waals surface area contributed by atoms with Crippen LogP contribution in [0.1, 0.15) is 12.5 Å². The first-order valence-corrected chi connectivity index (χ1v) is 8.82. The summed E-state index contributed by atoms with van der Waals surface area (Å²) < 4.78 is 15.6. The van der Waals surface area contributed by atoms with Crippen molar-refractivity contribution >= 4 is 29.7 Å². The number of carbonyl (C=O) groups is 3. The maximum atomic E-state index is 11.9. The highest BCUT2D eigenvalue weighted by Crippen LogP contribution is 2.28. The molecule has 0 bridgehead atoms. The predicted molar refractivity (Wildman–Crippen MR) is 108 cm³/mol. The van der Waals surface area contributed by atoms with Crippen LogP contribution in [0, 0.1) is 0 Å². The van der Waals surface area contributed by atoms with E-state index in [0.717, 1.165) is 0 Å². The number of hydrazone groups is 1. The number of carboxylic acid groups (broad SMARTS) is 1. The van der Waals surface area contributed by atoms with Crippen molar-refractivity contribution in [3.05, 3.63) is 48.0 Å². The topological polar surface area (TPSA) is 136 Å². The zero-order valence-electron chi connectivity index (χ0n) is 16.4. The molecule has 2 amide bonds. The van der Waals surface area contributed by atoms with E-state index in [9.17, 15) is 14.4 Å². The average molecular weight is 415 g/mol. The molecule has 0 radical (unpaired) electrons. The van der Waals surface area contributed by atoms with Crippen LogP contribution in [0.4, 0.5) is 5.69 Å². The van der Waals surface area contributed by atoms with Crippen molar-refractivity contribution in [3.63, 3.8) is 0 Å². The van der Waals surface area contributed by atoms with Gasteiger partial charge in [-0.2, -0.15) is 5.10 Å². The highest BCUT2D eigenvalue weighted by atomic mass is 16.5. The highest BCUT2D eigenvalue weighted by molar-refractivity contribution is 6.39. The summed E-state index contributed by atoms with van der Waals surface area (Å²) in [5, 5.41) is 14.9. The fourth-order valence-electron chi connectivity index (χ4n) is 2.21. The van der Waals surface area contributed by atoms with Gasteiger partial charge in [0, 0.05) is 5.69 Å².